The molecule has 3 nitrogen and oxygen atoms in total. The van der Waals surface area contributed by atoms with E-state index < -0.39 is 12.2 Å². The molecular formula is C21H29F3N2O. The van der Waals surface area contributed by atoms with Gasteiger partial charge in [-0.2, -0.15) is 13.2 Å². The molecule has 0 bridgehead atoms. The van der Waals surface area contributed by atoms with E-state index in [-0.39, 0.29) is 5.92 Å². The molecule has 0 heterocycles. The van der Waals surface area contributed by atoms with Crippen molar-refractivity contribution in [3.05, 3.63) is 59.8 Å². The third-order valence-corrected chi connectivity index (χ3v) is 4.29. The number of rotatable bonds is 9. The van der Waals surface area contributed by atoms with Crippen molar-refractivity contribution in [2.45, 2.75) is 39.4 Å². The molecule has 0 saturated heterocycles. The molecule has 0 aromatic heterocycles. The van der Waals surface area contributed by atoms with Crippen LogP contribution in [0.15, 0.2) is 59.8 Å². The fourth-order valence-corrected chi connectivity index (χ4v) is 2.49. The van der Waals surface area contributed by atoms with E-state index in [2.05, 4.69) is 10.6 Å². The molecule has 0 amide bonds. The molecule has 1 aromatic carbocycles. The highest BCUT2D eigenvalue weighted by molar-refractivity contribution is 5.56. The Balaban J connectivity index is 3.39. The molecule has 1 rings (SSSR count). The first-order chi connectivity index (χ1) is 12.8. The molecular weight excluding hydrogens is 353 g/mol. The van der Waals surface area contributed by atoms with E-state index in [0.29, 0.717) is 17.1 Å². The maximum atomic E-state index is 13.3. The highest BCUT2D eigenvalue weighted by Gasteiger charge is 2.37. The zero-order chi connectivity index (χ0) is 20.4. The van der Waals surface area contributed by atoms with Gasteiger partial charge < -0.3 is 15.4 Å². The maximum absolute atomic E-state index is 13.3. The third kappa shape index (κ3) is 7.13. The Bertz CT molecular complexity index is 661. The number of likely N-dealkylation sites (N-methyl/N-ethyl adjacent to an activating group) is 1. The summed E-state index contributed by atoms with van der Waals surface area (Å²) < 4.78 is 45.1. The number of alkyl halides is 3. The number of hydrogen-bond donors (Lipinski definition) is 2. The monoisotopic (exact) mass is 382 g/mol. The van der Waals surface area contributed by atoms with Crippen molar-refractivity contribution in [2.24, 2.45) is 5.92 Å². The van der Waals surface area contributed by atoms with Gasteiger partial charge in [0.15, 0.2) is 0 Å². The van der Waals surface area contributed by atoms with Gasteiger partial charge in [0.1, 0.15) is 11.8 Å². The normalized spacial score (nSPS) is 15.7. The van der Waals surface area contributed by atoms with Crippen LogP contribution in [-0.2, 0) is 0 Å². The van der Waals surface area contributed by atoms with Crippen LogP contribution in [0.5, 0.6) is 5.75 Å². The maximum Gasteiger partial charge on any atom is 0.407 e. The molecule has 0 saturated carbocycles. The zero-order valence-corrected chi connectivity index (χ0v) is 16.5. The van der Waals surface area contributed by atoms with Crippen molar-refractivity contribution in [2.75, 3.05) is 19.5 Å². The molecule has 0 aliphatic heterocycles. The Kier molecular flexibility index (Phi) is 9.15. The van der Waals surface area contributed by atoms with E-state index in [1.807, 2.05) is 39.0 Å². The zero-order valence-electron chi connectivity index (χ0n) is 16.5. The number of ether oxygens (including phenoxy) is 1. The van der Waals surface area contributed by atoms with E-state index in [1.165, 1.54) is 13.1 Å². The Morgan fingerprint density at radius 1 is 1.22 bits per heavy atom. The van der Waals surface area contributed by atoms with Gasteiger partial charge in [0.25, 0.3) is 0 Å². The fraction of sp³-hybridized carbons (Fsp3) is 0.429. The molecule has 150 valence electrons. The molecule has 2 atom stereocenters. The Labute approximate surface area is 160 Å². The van der Waals surface area contributed by atoms with Crippen LogP contribution < -0.4 is 15.4 Å². The Hall–Kier alpha value is -2.21. The number of hydrogen-bond acceptors (Lipinski definition) is 3. The summed E-state index contributed by atoms with van der Waals surface area (Å²) in [6, 6.07) is 5.32. The molecule has 0 radical (unpaired) electrons. The van der Waals surface area contributed by atoms with Crippen LogP contribution in [-0.4, -0.2) is 26.4 Å². The van der Waals surface area contributed by atoms with Gasteiger partial charge in [0.05, 0.1) is 7.11 Å². The standard InChI is InChI=1S/C21H29F3N2O/c1-6-8-9-18(15(3)7-2)19(14-20(25-4)21(22,23)24)26-16-10-12-17(27-5)13-11-16/h6,8-15,20,25-26H,7H2,1-5H3/b8-6-,18-9+,19-14-. The largest absolute Gasteiger partial charge is 0.497 e. The van der Waals surface area contributed by atoms with Crippen LogP contribution in [0, 0.1) is 5.92 Å². The van der Waals surface area contributed by atoms with Gasteiger partial charge in [-0.15, -0.1) is 0 Å². The lowest BCUT2D eigenvalue weighted by atomic mass is 9.93. The molecule has 2 unspecified atom stereocenters. The SMILES string of the molecule is C\C=C/C=C(/C(=C/C(NC)C(F)(F)F)Nc1ccc(OC)cc1)C(C)CC. The number of nitrogens with one attached hydrogen (secondary N) is 2. The summed E-state index contributed by atoms with van der Waals surface area (Å²) in [4.78, 5) is 0. The minimum Gasteiger partial charge on any atom is -0.497 e. The average molecular weight is 382 g/mol. The Morgan fingerprint density at radius 3 is 2.30 bits per heavy atom. The van der Waals surface area contributed by atoms with Crippen molar-refractivity contribution >= 4 is 5.69 Å². The lowest BCUT2D eigenvalue weighted by molar-refractivity contribution is -0.143. The van der Waals surface area contributed by atoms with Gasteiger partial charge in [-0.1, -0.05) is 32.1 Å². The lowest BCUT2D eigenvalue weighted by Gasteiger charge is -2.23. The van der Waals surface area contributed by atoms with Crippen LogP contribution in [0.25, 0.3) is 0 Å². The van der Waals surface area contributed by atoms with Crippen molar-refractivity contribution < 1.29 is 17.9 Å². The van der Waals surface area contributed by atoms with Gasteiger partial charge in [0.2, 0.25) is 0 Å². The summed E-state index contributed by atoms with van der Waals surface area (Å²) in [7, 11) is 2.87. The summed E-state index contributed by atoms with van der Waals surface area (Å²) in [5.41, 5.74) is 1.94. The molecule has 0 aliphatic rings. The highest BCUT2D eigenvalue weighted by Crippen LogP contribution is 2.29. The molecule has 0 spiro atoms. The van der Waals surface area contributed by atoms with Gasteiger partial charge >= 0.3 is 6.18 Å². The third-order valence-electron chi connectivity index (χ3n) is 4.29. The second kappa shape index (κ2) is 10.8. The topological polar surface area (TPSA) is 33.3 Å². The van der Waals surface area contributed by atoms with Gasteiger partial charge in [0, 0.05) is 11.4 Å². The number of benzene rings is 1. The number of anilines is 1. The lowest BCUT2D eigenvalue weighted by Crippen LogP contribution is -2.39. The average Bonchev–Trinajstić information content (AvgIpc) is 2.65. The number of halogens is 3. The van der Waals surface area contributed by atoms with E-state index in [0.717, 1.165) is 12.0 Å². The second-order valence-corrected chi connectivity index (χ2v) is 6.20. The van der Waals surface area contributed by atoms with Crippen molar-refractivity contribution in [1.29, 1.82) is 0 Å². The van der Waals surface area contributed by atoms with Gasteiger partial charge in [-0.05, 0) is 62.2 Å². The molecule has 0 fully saturated rings. The molecule has 1 aromatic rings. The summed E-state index contributed by atoms with van der Waals surface area (Å²) >= 11 is 0. The smallest absolute Gasteiger partial charge is 0.407 e. The van der Waals surface area contributed by atoms with E-state index in [1.54, 1.807) is 31.4 Å². The molecule has 6 heteroatoms. The summed E-state index contributed by atoms with van der Waals surface area (Å²) in [6.45, 7) is 5.89. The number of allylic oxidation sites excluding steroid dienone is 4. The first-order valence-electron chi connectivity index (χ1n) is 8.96. The van der Waals surface area contributed by atoms with E-state index in [4.69, 9.17) is 4.74 Å². The van der Waals surface area contributed by atoms with Crippen molar-refractivity contribution in [3.63, 3.8) is 0 Å². The first kappa shape index (κ1) is 22.8. The molecule has 2 N–H and O–H groups in total. The highest BCUT2D eigenvalue weighted by atomic mass is 19.4. The van der Waals surface area contributed by atoms with Gasteiger partial charge in [-0.25, -0.2) is 0 Å². The molecule has 0 aliphatic carbocycles. The minimum absolute atomic E-state index is 0.0870. The van der Waals surface area contributed by atoms with Crippen LogP contribution >= 0.6 is 0 Å². The first-order valence-corrected chi connectivity index (χ1v) is 8.96. The van der Waals surface area contributed by atoms with Crippen molar-refractivity contribution in [1.82, 2.24) is 5.32 Å². The van der Waals surface area contributed by atoms with E-state index in [9.17, 15) is 13.2 Å². The predicted octanol–water partition coefficient (Wildman–Crippen LogP) is 5.69. The number of methoxy groups -OCH3 is 1. The van der Waals surface area contributed by atoms with Gasteiger partial charge in [-0.3, -0.25) is 0 Å². The van der Waals surface area contributed by atoms with Crippen LogP contribution in [0.1, 0.15) is 27.2 Å². The molecule has 27 heavy (non-hydrogen) atoms. The quantitative estimate of drug-likeness (QED) is 0.538. The Morgan fingerprint density at radius 2 is 1.85 bits per heavy atom. The fourth-order valence-electron chi connectivity index (χ4n) is 2.49. The van der Waals surface area contributed by atoms with Crippen LogP contribution in [0.4, 0.5) is 18.9 Å². The van der Waals surface area contributed by atoms with Crippen LogP contribution in [0.2, 0.25) is 0 Å². The van der Waals surface area contributed by atoms with Crippen molar-refractivity contribution in [3.8, 4) is 5.75 Å². The summed E-state index contributed by atoms with van der Waals surface area (Å²) in [6.07, 6.45) is 3.18. The van der Waals surface area contributed by atoms with E-state index >= 15 is 0 Å². The minimum atomic E-state index is -4.39. The summed E-state index contributed by atoms with van der Waals surface area (Å²) in [5, 5.41) is 5.49. The predicted molar refractivity (Wildman–Crippen MR) is 106 cm³/mol. The van der Waals surface area contributed by atoms with Crippen LogP contribution in [0.3, 0.4) is 0 Å². The summed E-state index contributed by atoms with van der Waals surface area (Å²) in [5.74, 6) is 0.769. The second-order valence-electron chi connectivity index (χ2n) is 6.20.